The SMILES string of the molecule is Cc1cc(C(=O)N2CCCCC2C)ccc1NC(=O)c1n[nH]c(=O)c2ccccc12. The predicted octanol–water partition coefficient (Wildman–Crippen LogP) is 3.50. The first-order valence-electron chi connectivity index (χ1n) is 10.2. The fourth-order valence-electron chi connectivity index (χ4n) is 3.97. The number of carbonyl (C=O) groups is 2. The Labute approximate surface area is 174 Å². The smallest absolute Gasteiger partial charge is 0.276 e. The molecule has 1 saturated heterocycles. The Hall–Kier alpha value is -3.48. The number of hydrogen-bond donors (Lipinski definition) is 2. The molecule has 1 fully saturated rings. The van der Waals surface area contributed by atoms with Crippen LogP contribution in [0.5, 0.6) is 0 Å². The number of anilines is 1. The Morgan fingerprint density at radius 3 is 2.63 bits per heavy atom. The number of piperidine rings is 1. The number of nitrogens with zero attached hydrogens (tertiary/aromatic N) is 2. The van der Waals surface area contributed by atoms with Gasteiger partial charge in [0.25, 0.3) is 17.4 Å². The summed E-state index contributed by atoms with van der Waals surface area (Å²) in [4.78, 5) is 39.6. The van der Waals surface area contributed by atoms with Gasteiger partial charge in [-0.25, -0.2) is 5.10 Å². The normalized spacial score (nSPS) is 16.5. The number of likely N-dealkylation sites (tertiary alicyclic amines) is 1. The number of aromatic amines is 1. The Balaban J connectivity index is 1.57. The lowest BCUT2D eigenvalue weighted by Gasteiger charge is -2.33. The lowest BCUT2D eigenvalue weighted by molar-refractivity contribution is 0.0635. The molecule has 1 unspecified atom stereocenters. The monoisotopic (exact) mass is 404 g/mol. The standard InChI is InChI=1S/C23H24N4O3/c1-14-13-16(23(30)27-12-6-5-7-15(27)2)10-11-19(14)24-22(29)20-17-8-3-4-9-18(17)21(28)26-25-20/h3-4,8-11,13,15H,5-7,12H2,1-2H3,(H,24,29)(H,26,28). The first-order chi connectivity index (χ1) is 14.5. The summed E-state index contributed by atoms with van der Waals surface area (Å²) < 4.78 is 0. The van der Waals surface area contributed by atoms with Gasteiger partial charge in [-0.1, -0.05) is 18.2 Å². The largest absolute Gasteiger partial charge is 0.336 e. The van der Waals surface area contributed by atoms with Gasteiger partial charge in [0.05, 0.1) is 5.39 Å². The number of aromatic nitrogens is 2. The van der Waals surface area contributed by atoms with Gasteiger partial charge in [-0.15, -0.1) is 0 Å². The van der Waals surface area contributed by atoms with E-state index in [4.69, 9.17) is 0 Å². The number of carbonyl (C=O) groups excluding carboxylic acids is 2. The highest BCUT2D eigenvalue weighted by Crippen LogP contribution is 2.23. The maximum Gasteiger partial charge on any atom is 0.276 e. The summed E-state index contributed by atoms with van der Waals surface area (Å²) in [5.74, 6) is -0.397. The van der Waals surface area contributed by atoms with Crippen LogP contribution in [0.3, 0.4) is 0 Å². The molecule has 0 spiro atoms. The molecule has 30 heavy (non-hydrogen) atoms. The summed E-state index contributed by atoms with van der Waals surface area (Å²) in [5, 5.41) is 10.0. The van der Waals surface area contributed by atoms with E-state index in [-0.39, 0.29) is 23.2 Å². The van der Waals surface area contributed by atoms with Crippen molar-refractivity contribution in [3.8, 4) is 0 Å². The van der Waals surface area contributed by atoms with Gasteiger partial charge in [-0.05, 0) is 62.9 Å². The molecule has 0 aliphatic carbocycles. The van der Waals surface area contributed by atoms with Crippen LogP contribution in [0.15, 0.2) is 47.3 Å². The molecule has 2 heterocycles. The van der Waals surface area contributed by atoms with Crippen LogP contribution in [0, 0.1) is 6.92 Å². The Morgan fingerprint density at radius 1 is 1.13 bits per heavy atom. The number of nitrogens with one attached hydrogen (secondary N) is 2. The molecule has 4 rings (SSSR count). The highest BCUT2D eigenvalue weighted by Gasteiger charge is 2.24. The van der Waals surface area contributed by atoms with Gasteiger partial charge in [0.15, 0.2) is 5.69 Å². The third-order valence-electron chi connectivity index (χ3n) is 5.70. The van der Waals surface area contributed by atoms with Gasteiger partial charge in [0, 0.05) is 29.2 Å². The van der Waals surface area contributed by atoms with Crippen LogP contribution in [0.1, 0.15) is 52.6 Å². The fourth-order valence-corrected chi connectivity index (χ4v) is 3.97. The van der Waals surface area contributed by atoms with Crippen LogP contribution >= 0.6 is 0 Å². The molecule has 2 amide bonds. The molecule has 1 aliphatic rings. The van der Waals surface area contributed by atoms with E-state index in [1.54, 1.807) is 42.5 Å². The molecular weight excluding hydrogens is 380 g/mol. The topological polar surface area (TPSA) is 95.2 Å². The quantitative estimate of drug-likeness (QED) is 0.698. The van der Waals surface area contributed by atoms with E-state index in [0.717, 1.165) is 31.4 Å². The number of amides is 2. The summed E-state index contributed by atoms with van der Waals surface area (Å²) in [7, 11) is 0. The fraction of sp³-hybridized carbons (Fsp3) is 0.304. The molecule has 2 aromatic carbocycles. The zero-order valence-electron chi connectivity index (χ0n) is 17.1. The van der Waals surface area contributed by atoms with Gasteiger partial charge >= 0.3 is 0 Å². The molecule has 0 bridgehead atoms. The zero-order valence-corrected chi connectivity index (χ0v) is 17.1. The highest BCUT2D eigenvalue weighted by molar-refractivity contribution is 6.11. The summed E-state index contributed by atoms with van der Waals surface area (Å²) in [6, 6.07) is 12.4. The maximum atomic E-state index is 12.9. The van der Waals surface area contributed by atoms with Gasteiger partial charge in [-0.2, -0.15) is 5.10 Å². The third-order valence-corrected chi connectivity index (χ3v) is 5.70. The van der Waals surface area contributed by atoms with E-state index >= 15 is 0 Å². The van der Waals surface area contributed by atoms with Gasteiger partial charge in [-0.3, -0.25) is 14.4 Å². The molecule has 7 nitrogen and oxygen atoms in total. The minimum Gasteiger partial charge on any atom is -0.336 e. The van der Waals surface area contributed by atoms with E-state index in [1.165, 1.54) is 0 Å². The van der Waals surface area contributed by atoms with Crippen molar-refractivity contribution < 1.29 is 9.59 Å². The predicted molar refractivity (Wildman–Crippen MR) is 116 cm³/mol. The van der Waals surface area contributed by atoms with Gasteiger partial charge in [0.1, 0.15) is 0 Å². The van der Waals surface area contributed by atoms with Crippen LogP contribution in [-0.2, 0) is 0 Å². The van der Waals surface area contributed by atoms with Crippen molar-refractivity contribution in [1.29, 1.82) is 0 Å². The first-order valence-corrected chi connectivity index (χ1v) is 10.2. The van der Waals surface area contributed by atoms with E-state index in [0.29, 0.717) is 22.0 Å². The van der Waals surface area contributed by atoms with Gasteiger partial charge in [0.2, 0.25) is 0 Å². The average Bonchev–Trinajstić information content (AvgIpc) is 2.75. The highest BCUT2D eigenvalue weighted by atomic mass is 16.2. The molecule has 2 N–H and O–H groups in total. The molecule has 0 radical (unpaired) electrons. The van der Waals surface area contributed by atoms with E-state index in [9.17, 15) is 14.4 Å². The second-order valence-electron chi connectivity index (χ2n) is 7.77. The third kappa shape index (κ3) is 3.70. The Morgan fingerprint density at radius 2 is 1.90 bits per heavy atom. The Kier molecular flexibility index (Phi) is 5.35. The summed E-state index contributed by atoms with van der Waals surface area (Å²) >= 11 is 0. The number of rotatable bonds is 3. The van der Waals surface area contributed by atoms with Crippen LogP contribution in [0.25, 0.3) is 10.8 Å². The molecule has 1 atom stereocenters. The zero-order chi connectivity index (χ0) is 21.3. The summed E-state index contributed by atoms with van der Waals surface area (Å²) in [5.41, 5.74) is 1.81. The molecule has 1 aliphatic heterocycles. The minimum atomic E-state index is -0.422. The number of benzene rings is 2. The van der Waals surface area contributed by atoms with E-state index in [2.05, 4.69) is 22.4 Å². The molecule has 154 valence electrons. The van der Waals surface area contributed by atoms with Crippen molar-refractivity contribution in [2.45, 2.75) is 39.2 Å². The van der Waals surface area contributed by atoms with Crippen LogP contribution in [0.2, 0.25) is 0 Å². The van der Waals surface area contributed by atoms with Crippen molar-refractivity contribution in [3.63, 3.8) is 0 Å². The molecule has 3 aromatic rings. The summed E-state index contributed by atoms with van der Waals surface area (Å²) in [6.07, 6.45) is 3.21. The van der Waals surface area contributed by atoms with E-state index in [1.807, 2.05) is 11.8 Å². The molecule has 1 aromatic heterocycles. The van der Waals surface area contributed by atoms with Crippen molar-refractivity contribution in [1.82, 2.24) is 15.1 Å². The number of hydrogen-bond acceptors (Lipinski definition) is 4. The molecular formula is C23H24N4O3. The van der Waals surface area contributed by atoms with Gasteiger partial charge < -0.3 is 10.2 Å². The lowest BCUT2D eigenvalue weighted by atomic mass is 10.0. The summed E-state index contributed by atoms with van der Waals surface area (Å²) in [6.45, 7) is 4.72. The molecule has 0 saturated carbocycles. The van der Waals surface area contributed by atoms with Crippen LogP contribution < -0.4 is 10.9 Å². The molecule has 7 heteroatoms. The number of H-pyrrole nitrogens is 1. The van der Waals surface area contributed by atoms with Crippen molar-refractivity contribution in [2.24, 2.45) is 0 Å². The van der Waals surface area contributed by atoms with Crippen molar-refractivity contribution >= 4 is 28.3 Å². The Bertz CT molecular complexity index is 1180. The average molecular weight is 404 g/mol. The second kappa shape index (κ2) is 8.10. The number of aryl methyl sites for hydroxylation is 1. The van der Waals surface area contributed by atoms with Crippen LogP contribution in [-0.4, -0.2) is 39.5 Å². The first kappa shape index (κ1) is 19.8. The lowest BCUT2D eigenvalue weighted by Crippen LogP contribution is -2.42. The van der Waals surface area contributed by atoms with E-state index < -0.39 is 5.91 Å². The van der Waals surface area contributed by atoms with Crippen molar-refractivity contribution in [3.05, 3.63) is 69.6 Å². The second-order valence-corrected chi connectivity index (χ2v) is 7.77. The maximum absolute atomic E-state index is 12.9. The van der Waals surface area contributed by atoms with Crippen LogP contribution in [0.4, 0.5) is 5.69 Å². The minimum absolute atomic E-state index is 0.0245. The van der Waals surface area contributed by atoms with Crippen molar-refractivity contribution in [2.75, 3.05) is 11.9 Å². The number of fused-ring (bicyclic) bond motifs is 1.